The smallest absolute Gasteiger partial charge is 0.179 e. The van der Waals surface area contributed by atoms with Crippen LogP contribution in [0.3, 0.4) is 0 Å². The van der Waals surface area contributed by atoms with Crippen LogP contribution in [-0.2, 0) is 4.79 Å². The van der Waals surface area contributed by atoms with Gasteiger partial charge in [-0.05, 0) is 6.07 Å². The SMILES string of the molecule is O=C=C1COc2c(cc(Cl)c(C=O)c2F)N1. The first kappa shape index (κ1) is 10.7. The number of ether oxygens (including phenoxy) is 1. The fourth-order valence-corrected chi connectivity index (χ4v) is 1.59. The number of rotatable bonds is 1. The molecule has 0 fully saturated rings. The van der Waals surface area contributed by atoms with Crippen molar-refractivity contribution in [2.75, 3.05) is 11.9 Å². The van der Waals surface area contributed by atoms with Crippen LogP contribution in [-0.4, -0.2) is 18.8 Å². The number of hydrogen-bond acceptors (Lipinski definition) is 4. The van der Waals surface area contributed by atoms with E-state index in [9.17, 15) is 14.0 Å². The highest BCUT2D eigenvalue weighted by Crippen LogP contribution is 2.37. The number of nitrogens with one attached hydrogen (secondary N) is 1. The van der Waals surface area contributed by atoms with Crippen molar-refractivity contribution in [2.24, 2.45) is 0 Å². The van der Waals surface area contributed by atoms with Crippen molar-refractivity contribution in [3.8, 4) is 5.75 Å². The lowest BCUT2D eigenvalue weighted by atomic mass is 10.1. The summed E-state index contributed by atoms with van der Waals surface area (Å²) in [5.41, 5.74) is 0.0836. The second kappa shape index (κ2) is 3.96. The molecule has 6 heteroatoms. The van der Waals surface area contributed by atoms with Gasteiger partial charge in [-0.3, -0.25) is 4.79 Å². The fourth-order valence-electron chi connectivity index (χ4n) is 1.36. The molecule has 82 valence electrons. The maximum Gasteiger partial charge on any atom is 0.179 e. The minimum atomic E-state index is -0.838. The van der Waals surface area contributed by atoms with E-state index in [0.29, 0.717) is 6.29 Å². The van der Waals surface area contributed by atoms with Gasteiger partial charge in [0.1, 0.15) is 18.2 Å². The summed E-state index contributed by atoms with van der Waals surface area (Å²) in [6.07, 6.45) is 0.312. The van der Waals surface area contributed by atoms with Crippen LogP contribution in [0.2, 0.25) is 5.02 Å². The van der Waals surface area contributed by atoms with E-state index in [1.54, 1.807) is 5.94 Å². The topological polar surface area (TPSA) is 55.4 Å². The van der Waals surface area contributed by atoms with E-state index < -0.39 is 5.82 Å². The summed E-state index contributed by atoms with van der Waals surface area (Å²) >= 11 is 5.68. The van der Waals surface area contributed by atoms with Crippen molar-refractivity contribution < 1.29 is 18.7 Å². The molecular formula is C10H5ClFNO3. The highest BCUT2D eigenvalue weighted by atomic mass is 35.5. The van der Waals surface area contributed by atoms with Crippen LogP contribution in [0.5, 0.6) is 5.75 Å². The normalized spacial score (nSPS) is 13.2. The molecule has 16 heavy (non-hydrogen) atoms. The molecule has 0 atom stereocenters. The Morgan fingerprint density at radius 1 is 1.62 bits per heavy atom. The van der Waals surface area contributed by atoms with Crippen LogP contribution >= 0.6 is 11.6 Å². The molecule has 1 heterocycles. The van der Waals surface area contributed by atoms with Crippen molar-refractivity contribution in [2.45, 2.75) is 0 Å². The predicted molar refractivity (Wildman–Crippen MR) is 55.1 cm³/mol. The van der Waals surface area contributed by atoms with Crippen LogP contribution in [0.1, 0.15) is 10.4 Å². The Hall–Kier alpha value is -1.84. The van der Waals surface area contributed by atoms with E-state index in [2.05, 4.69) is 5.32 Å². The van der Waals surface area contributed by atoms with Gasteiger partial charge in [0.25, 0.3) is 0 Å². The van der Waals surface area contributed by atoms with E-state index in [1.165, 1.54) is 6.07 Å². The molecule has 0 unspecified atom stereocenters. The summed E-state index contributed by atoms with van der Waals surface area (Å²) in [5.74, 6) is 0.650. The van der Waals surface area contributed by atoms with Crippen LogP contribution in [0.4, 0.5) is 10.1 Å². The summed E-state index contributed by atoms with van der Waals surface area (Å²) in [4.78, 5) is 21.0. The highest BCUT2D eigenvalue weighted by Gasteiger charge is 2.23. The quantitative estimate of drug-likeness (QED) is 0.602. The predicted octanol–water partition coefficient (Wildman–Crippen LogP) is 1.81. The molecule has 1 aliphatic heterocycles. The minimum Gasteiger partial charge on any atom is -0.481 e. The molecule has 0 saturated carbocycles. The second-order valence-electron chi connectivity index (χ2n) is 3.07. The summed E-state index contributed by atoms with van der Waals surface area (Å²) in [7, 11) is 0. The average molecular weight is 242 g/mol. The molecule has 1 aliphatic rings. The molecule has 4 nitrogen and oxygen atoms in total. The van der Waals surface area contributed by atoms with Crippen molar-refractivity contribution >= 4 is 29.5 Å². The zero-order valence-electron chi connectivity index (χ0n) is 7.84. The van der Waals surface area contributed by atoms with E-state index in [-0.39, 0.29) is 34.3 Å². The van der Waals surface area contributed by atoms with Gasteiger partial charge < -0.3 is 10.1 Å². The van der Waals surface area contributed by atoms with Gasteiger partial charge in [-0.1, -0.05) is 11.6 Å². The number of benzene rings is 1. The standard InChI is InChI=1S/C10H5ClFNO3/c11-7-1-8-10(9(12)6(7)3-15)16-4-5(2-14)13-8/h1,3,13H,4H2. The molecule has 1 aromatic rings. The highest BCUT2D eigenvalue weighted by molar-refractivity contribution is 6.33. The van der Waals surface area contributed by atoms with Gasteiger partial charge in [-0.2, -0.15) is 0 Å². The Kier molecular flexibility index (Phi) is 2.64. The molecule has 1 N–H and O–H groups in total. The van der Waals surface area contributed by atoms with Gasteiger partial charge in [0.15, 0.2) is 17.9 Å². The van der Waals surface area contributed by atoms with Gasteiger partial charge in [0.05, 0.1) is 16.3 Å². The van der Waals surface area contributed by atoms with Crippen LogP contribution in [0.15, 0.2) is 11.8 Å². The van der Waals surface area contributed by atoms with Gasteiger partial charge in [-0.15, -0.1) is 0 Å². The largest absolute Gasteiger partial charge is 0.481 e. The Morgan fingerprint density at radius 2 is 2.38 bits per heavy atom. The number of halogens is 2. The number of hydrogen-bond donors (Lipinski definition) is 1. The molecule has 0 amide bonds. The summed E-state index contributed by atoms with van der Waals surface area (Å²) < 4.78 is 18.7. The Balaban J connectivity index is 2.61. The molecule has 0 saturated heterocycles. The first-order valence-electron chi connectivity index (χ1n) is 4.28. The van der Waals surface area contributed by atoms with Crippen molar-refractivity contribution in [1.82, 2.24) is 0 Å². The Morgan fingerprint density at radius 3 is 3.00 bits per heavy atom. The molecule has 0 aliphatic carbocycles. The second-order valence-corrected chi connectivity index (χ2v) is 3.48. The molecule has 0 spiro atoms. The summed E-state index contributed by atoms with van der Waals surface area (Å²) in [6.45, 7) is -0.118. The number of anilines is 1. The number of carbonyl (C=O) groups is 1. The maximum absolute atomic E-state index is 13.7. The van der Waals surface area contributed by atoms with E-state index >= 15 is 0 Å². The van der Waals surface area contributed by atoms with Crippen LogP contribution in [0, 0.1) is 5.82 Å². The van der Waals surface area contributed by atoms with Gasteiger partial charge in [-0.25, -0.2) is 9.18 Å². The lowest BCUT2D eigenvalue weighted by Gasteiger charge is -2.20. The third-order valence-corrected chi connectivity index (χ3v) is 2.41. The molecule has 0 radical (unpaired) electrons. The lowest BCUT2D eigenvalue weighted by Crippen LogP contribution is -2.18. The van der Waals surface area contributed by atoms with Gasteiger partial charge in [0, 0.05) is 0 Å². The molecule has 0 aromatic heterocycles. The molecular weight excluding hydrogens is 237 g/mol. The Bertz CT molecular complexity index is 523. The summed E-state index contributed by atoms with van der Waals surface area (Å²) in [6, 6.07) is 1.32. The number of fused-ring (bicyclic) bond motifs is 1. The van der Waals surface area contributed by atoms with E-state index in [0.717, 1.165) is 0 Å². The van der Waals surface area contributed by atoms with Crippen molar-refractivity contribution in [3.05, 3.63) is 28.2 Å². The molecule has 2 rings (SSSR count). The van der Waals surface area contributed by atoms with Gasteiger partial charge >= 0.3 is 0 Å². The van der Waals surface area contributed by atoms with E-state index in [4.69, 9.17) is 16.3 Å². The maximum atomic E-state index is 13.7. The van der Waals surface area contributed by atoms with Crippen molar-refractivity contribution in [1.29, 1.82) is 0 Å². The third kappa shape index (κ3) is 1.56. The first-order valence-corrected chi connectivity index (χ1v) is 4.66. The fraction of sp³-hybridized carbons (Fsp3) is 0.100. The zero-order chi connectivity index (χ0) is 11.7. The van der Waals surface area contributed by atoms with Gasteiger partial charge in [0.2, 0.25) is 0 Å². The lowest BCUT2D eigenvalue weighted by molar-refractivity contribution is 0.111. The first-order chi connectivity index (χ1) is 7.67. The minimum absolute atomic E-state index is 0.0468. The molecule has 0 bridgehead atoms. The number of carbonyl (C=O) groups excluding carboxylic acids is 2. The van der Waals surface area contributed by atoms with Crippen LogP contribution < -0.4 is 10.1 Å². The summed E-state index contributed by atoms with van der Waals surface area (Å²) in [5, 5.41) is 2.56. The van der Waals surface area contributed by atoms with Crippen molar-refractivity contribution in [3.63, 3.8) is 0 Å². The average Bonchev–Trinajstić information content (AvgIpc) is 2.28. The monoisotopic (exact) mass is 241 g/mol. The van der Waals surface area contributed by atoms with E-state index in [1.807, 2.05) is 0 Å². The zero-order valence-corrected chi connectivity index (χ0v) is 8.60. The number of aldehydes is 1. The molecule has 1 aromatic carbocycles. The third-order valence-electron chi connectivity index (χ3n) is 2.10. The van der Waals surface area contributed by atoms with Crippen LogP contribution in [0.25, 0.3) is 0 Å². The Labute approximate surface area is 94.7 Å².